The van der Waals surface area contributed by atoms with Crippen LogP contribution in [-0.4, -0.2) is 26.0 Å². The number of benzene rings is 3. The second kappa shape index (κ2) is 9.09. The monoisotopic (exact) mass is 531 g/mol. The summed E-state index contributed by atoms with van der Waals surface area (Å²) in [5, 5.41) is 0.728. The van der Waals surface area contributed by atoms with Crippen LogP contribution in [0.2, 0.25) is 10.0 Å². The lowest BCUT2D eigenvalue weighted by atomic mass is 9.85. The van der Waals surface area contributed by atoms with Crippen molar-refractivity contribution in [1.82, 2.24) is 0 Å². The molecule has 7 heteroatoms. The van der Waals surface area contributed by atoms with E-state index in [-0.39, 0.29) is 28.7 Å². The number of carbonyl (C=O) groups excluding carboxylic acids is 2. The second-order valence-electron chi connectivity index (χ2n) is 9.38. The van der Waals surface area contributed by atoms with Crippen LogP contribution in [0.1, 0.15) is 11.1 Å². The van der Waals surface area contributed by atoms with E-state index in [0.29, 0.717) is 10.7 Å². The topological polar surface area (TPSA) is 55.8 Å². The van der Waals surface area contributed by atoms with Crippen LogP contribution < -0.4 is 14.4 Å². The number of hydrogen-bond acceptors (Lipinski definition) is 4. The van der Waals surface area contributed by atoms with Gasteiger partial charge in [0.05, 0.1) is 36.8 Å². The van der Waals surface area contributed by atoms with E-state index >= 15 is 0 Å². The molecule has 1 saturated heterocycles. The highest BCUT2D eigenvalue weighted by Gasteiger charge is 2.62. The Morgan fingerprint density at radius 2 is 1.22 bits per heavy atom. The third-order valence-corrected chi connectivity index (χ3v) is 8.15. The SMILES string of the molecule is COc1ccc(C(=C2[C@H]3C=C[C@H]2[C@H]2C(=O)N(c4ccc(Cl)cc4Cl)C(=O)[C@H]23)c2ccc(OC)cc2)cc1. The summed E-state index contributed by atoms with van der Waals surface area (Å²) in [5.74, 6) is -0.272. The molecule has 6 rings (SSSR count). The van der Waals surface area contributed by atoms with E-state index < -0.39 is 11.8 Å². The molecule has 2 bridgehead atoms. The number of hydrogen-bond donors (Lipinski definition) is 0. The number of rotatable bonds is 5. The number of allylic oxidation sites excluding steroid dienone is 3. The maximum absolute atomic E-state index is 13.8. The van der Waals surface area contributed by atoms with Crippen molar-refractivity contribution in [3.05, 3.63) is 106 Å². The number of ether oxygens (including phenoxy) is 2. The Hall–Kier alpha value is -3.54. The van der Waals surface area contributed by atoms with Crippen molar-refractivity contribution in [3.63, 3.8) is 0 Å². The van der Waals surface area contributed by atoms with Crippen molar-refractivity contribution in [2.24, 2.45) is 23.7 Å². The first kappa shape index (κ1) is 23.8. The normalized spacial score (nSPS) is 23.6. The first-order chi connectivity index (χ1) is 17.9. The number of methoxy groups -OCH3 is 2. The zero-order valence-corrected chi connectivity index (χ0v) is 21.7. The van der Waals surface area contributed by atoms with Crippen molar-refractivity contribution in [1.29, 1.82) is 0 Å². The van der Waals surface area contributed by atoms with Gasteiger partial charge in [0.1, 0.15) is 11.5 Å². The molecule has 5 nitrogen and oxygen atoms in total. The quantitative estimate of drug-likeness (QED) is 0.281. The Labute approximate surface area is 224 Å². The molecule has 2 fully saturated rings. The van der Waals surface area contributed by atoms with Gasteiger partial charge in [-0.2, -0.15) is 0 Å². The molecule has 1 heterocycles. The van der Waals surface area contributed by atoms with E-state index in [9.17, 15) is 9.59 Å². The van der Waals surface area contributed by atoms with E-state index in [4.69, 9.17) is 32.7 Å². The van der Waals surface area contributed by atoms with Gasteiger partial charge in [-0.1, -0.05) is 59.6 Å². The third kappa shape index (κ3) is 3.68. The Morgan fingerprint density at radius 1 is 0.730 bits per heavy atom. The van der Waals surface area contributed by atoms with Gasteiger partial charge < -0.3 is 9.47 Å². The third-order valence-electron chi connectivity index (χ3n) is 7.61. The Balaban J connectivity index is 1.47. The fourth-order valence-electron chi connectivity index (χ4n) is 6.01. The minimum Gasteiger partial charge on any atom is -0.497 e. The van der Waals surface area contributed by atoms with Gasteiger partial charge in [0.25, 0.3) is 0 Å². The first-order valence-electron chi connectivity index (χ1n) is 12.0. The van der Waals surface area contributed by atoms with E-state index in [1.807, 2.05) is 48.5 Å². The summed E-state index contributed by atoms with van der Waals surface area (Å²) in [4.78, 5) is 28.8. The van der Waals surface area contributed by atoms with Crippen LogP contribution in [0.3, 0.4) is 0 Å². The van der Waals surface area contributed by atoms with Crippen molar-refractivity contribution in [2.45, 2.75) is 0 Å². The fourth-order valence-corrected chi connectivity index (χ4v) is 6.50. The van der Waals surface area contributed by atoms with Crippen LogP contribution in [0, 0.1) is 23.7 Å². The summed E-state index contributed by atoms with van der Waals surface area (Å²) in [6, 6.07) is 20.6. The lowest BCUT2D eigenvalue weighted by molar-refractivity contribution is -0.122. The summed E-state index contributed by atoms with van der Waals surface area (Å²) in [6.45, 7) is 0. The van der Waals surface area contributed by atoms with Gasteiger partial charge in [0.15, 0.2) is 0 Å². The second-order valence-corrected chi connectivity index (χ2v) is 10.2. The Bertz CT molecular complexity index is 1390. The summed E-state index contributed by atoms with van der Waals surface area (Å²) >= 11 is 12.5. The number of fused-ring (bicyclic) bond motifs is 5. The zero-order chi connectivity index (χ0) is 25.8. The average molecular weight is 532 g/mol. The molecule has 2 aliphatic carbocycles. The largest absolute Gasteiger partial charge is 0.497 e. The summed E-state index contributed by atoms with van der Waals surface area (Å²) in [5.41, 5.74) is 4.49. The number of nitrogens with zero attached hydrogens (tertiary/aromatic N) is 1. The van der Waals surface area contributed by atoms with Crippen LogP contribution in [0.4, 0.5) is 5.69 Å². The van der Waals surface area contributed by atoms with Gasteiger partial charge in [-0.15, -0.1) is 0 Å². The molecular weight excluding hydrogens is 509 g/mol. The number of carbonyl (C=O) groups is 2. The maximum atomic E-state index is 13.8. The lowest BCUT2D eigenvalue weighted by Crippen LogP contribution is -2.33. The van der Waals surface area contributed by atoms with Gasteiger partial charge in [0.2, 0.25) is 11.8 Å². The molecule has 0 spiro atoms. The van der Waals surface area contributed by atoms with E-state index in [2.05, 4.69) is 12.2 Å². The Kier molecular flexibility index (Phi) is 5.85. The molecule has 4 atom stereocenters. The van der Waals surface area contributed by atoms with Gasteiger partial charge in [-0.25, -0.2) is 4.90 Å². The molecule has 3 aliphatic rings. The average Bonchev–Trinajstić information content (AvgIpc) is 3.54. The molecule has 0 N–H and O–H groups in total. The predicted molar refractivity (Wildman–Crippen MR) is 144 cm³/mol. The van der Waals surface area contributed by atoms with E-state index in [1.54, 1.807) is 32.4 Å². The Morgan fingerprint density at radius 3 is 1.65 bits per heavy atom. The standard InChI is InChI=1S/C30H23Cl2NO4/c1-36-19-8-3-16(4-9-19)25(17-5-10-20(37-2)11-6-17)26-21-12-13-22(26)28-27(21)29(34)33(30(28)35)24-14-7-18(31)15-23(24)32/h3-15,21-22,27-28H,1-2H3/t21-,22-,27-,28+/m1/s1. The van der Waals surface area contributed by atoms with Crippen LogP contribution in [0.5, 0.6) is 11.5 Å². The number of amides is 2. The highest BCUT2D eigenvalue weighted by molar-refractivity contribution is 6.38. The lowest BCUT2D eigenvalue weighted by Gasteiger charge is -2.22. The molecule has 0 aromatic heterocycles. The summed E-state index contributed by atoms with van der Waals surface area (Å²) in [6.07, 6.45) is 4.15. The molecule has 3 aromatic rings. The summed E-state index contributed by atoms with van der Waals surface area (Å²) in [7, 11) is 3.27. The van der Waals surface area contributed by atoms with Crippen LogP contribution in [-0.2, 0) is 9.59 Å². The summed E-state index contributed by atoms with van der Waals surface area (Å²) < 4.78 is 10.7. The van der Waals surface area contributed by atoms with Crippen molar-refractivity contribution < 1.29 is 19.1 Å². The van der Waals surface area contributed by atoms with Crippen LogP contribution >= 0.6 is 23.2 Å². The molecule has 2 amide bonds. The predicted octanol–water partition coefficient (Wildman–Crippen LogP) is 6.43. The number of imide groups is 1. The number of anilines is 1. The van der Waals surface area contributed by atoms with E-state index in [1.165, 1.54) is 4.90 Å². The minimum absolute atomic E-state index is 0.193. The first-order valence-corrected chi connectivity index (χ1v) is 12.7. The zero-order valence-electron chi connectivity index (χ0n) is 20.2. The molecule has 186 valence electrons. The molecule has 37 heavy (non-hydrogen) atoms. The van der Waals surface area contributed by atoms with Gasteiger partial charge in [-0.05, 0) is 64.7 Å². The molecular formula is C30H23Cl2NO4. The van der Waals surface area contributed by atoms with Crippen molar-refractivity contribution >= 4 is 46.3 Å². The van der Waals surface area contributed by atoms with Crippen LogP contribution in [0.25, 0.3) is 5.57 Å². The highest BCUT2D eigenvalue weighted by atomic mass is 35.5. The van der Waals surface area contributed by atoms with Crippen molar-refractivity contribution in [3.8, 4) is 11.5 Å². The van der Waals surface area contributed by atoms with Gasteiger partial charge >= 0.3 is 0 Å². The molecule has 1 aliphatic heterocycles. The van der Waals surface area contributed by atoms with Crippen molar-refractivity contribution in [2.75, 3.05) is 19.1 Å². The van der Waals surface area contributed by atoms with Gasteiger partial charge in [0, 0.05) is 16.9 Å². The molecule has 1 saturated carbocycles. The number of halogens is 2. The maximum Gasteiger partial charge on any atom is 0.238 e. The molecule has 0 unspecified atom stereocenters. The smallest absolute Gasteiger partial charge is 0.238 e. The van der Waals surface area contributed by atoms with Crippen LogP contribution in [0.15, 0.2) is 84.5 Å². The highest BCUT2D eigenvalue weighted by Crippen LogP contribution is 2.59. The minimum atomic E-state index is -0.476. The van der Waals surface area contributed by atoms with Gasteiger partial charge in [-0.3, -0.25) is 9.59 Å². The molecule has 0 radical (unpaired) electrons. The molecule has 3 aromatic carbocycles. The van der Waals surface area contributed by atoms with E-state index in [0.717, 1.165) is 33.8 Å². The fraction of sp³-hybridized carbons (Fsp3) is 0.200.